The molecule has 0 radical (unpaired) electrons. The third kappa shape index (κ3) is 10.1. The fourth-order valence-electron chi connectivity index (χ4n) is 5.25. The van der Waals surface area contributed by atoms with E-state index in [1.54, 1.807) is 62.7 Å². The summed E-state index contributed by atoms with van der Waals surface area (Å²) < 4.78 is 43.5. The van der Waals surface area contributed by atoms with E-state index in [4.69, 9.17) is 19.7 Å². The van der Waals surface area contributed by atoms with E-state index in [2.05, 4.69) is 21.5 Å². The SMILES string of the molecule is CNCC(=O)OCc1cccnc1N(C)C(=O)OC(C)[n+]1cnn(C[C@](O)(c2cc(F)ccc2F)[C@@H](C)c2nc(-c3ccc(C#N)cc3)cs2)c1.Cl.[I-]. The van der Waals surface area contributed by atoms with Gasteiger partial charge in [0.2, 0.25) is 12.6 Å². The number of likely N-dealkylation sites (N-methyl/N-ethyl adjacent to an activating group) is 1. The van der Waals surface area contributed by atoms with Crippen molar-refractivity contribution in [1.29, 1.82) is 5.26 Å². The summed E-state index contributed by atoms with van der Waals surface area (Å²) in [5.41, 5.74) is 0.000750. The Kier molecular flexibility index (Phi) is 15.3. The molecular weight excluding hydrogens is 845 g/mol. The lowest BCUT2D eigenvalue weighted by molar-refractivity contribution is -0.753. The van der Waals surface area contributed by atoms with Crippen molar-refractivity contribution in [2.24, 2.45) is 0 Å². The molecule has 13 nitrogen and oxygen atoms in total. The van der Waals surface area contributed by atoms with Crippen LogP contribution in [0, 0.1) is 23.0 Å². The van der Waals surface area contributed by atoms with Crippen LogP contribution in [-0.4, -0.2) is 57.6 Å². The van der Waals surface area contributed by atoms with Crippen molar-refractivity contribution in [2.75, 3.05) is 25.5 Å². The van der Waals surface area contributed by atoms with Crippen LogP contribution in [0.4, 0.5) is 19.4 Å². The zero-order valence-corrected chi connectivity index (χ0v) is 32.7. The summed E-state index contributed by atoms with van der Waals surface area (Å²) in [5, 5.41) is 30.6. The standard InChI is InChI=1S/C35H35F2N8O5S.ClH.HI/c1-22(33-42-30(18-51-33)25-9-7-24(15-38)8-10-25)35(48,28-14-27(36)11-12-29(28)37)19-45-21-44(20-41-45)23(2)50-34(47)43(4)32-26(6-5-13-40-32)17-49-31(46)16-39-3;;/h5-14,18,20-23,39,48H,16-17,19H2,1-4H3;2*1H/q+1;;/p-1/t22-,23?,35+;;/m0../s1. The lowest BCUT2D eigenvalue weighted by Gasteiger charge is -2.32. The van der Waals surface area contributed by atoms with E-state index in [9.17, 15) is 19.1 Å². The second kappa shape index (κ2) is 18.9. The van der Waals surface area contributed by atoms with E-state index in [1.807, 2.05) is 0 Å². The van der Waals surface area contributed by atoms with Gasteiger partial charge in [-0.15, -0.1) is 28.4 Å². The van der Waals surface area contributed by atoms with Gasteiger partial charge in [0.05, 0.1) is 28.9 Å². The van der Waals surface area contributed by atoms with Gasteiger partial charge in [0.1, 0.15) is 36.2 Å². The highest BCUT2D eigenvalue weighted by molar-refractivity contribution is 7.10. The Hall–Kier alpha value is -4.61. The van der Waals surface area contributed by atoms with Crippen LogP contribution in [0.2, 0.25) is 0 Å². The van der Waals surface area contributed by atoms with Gasteiger partial charge in [-0.2, -0.15) is 9.83 Å². The number of carbonyl (C=O) groups is 2. The maximum Gasteiger partial charge on any atom is 0.418 e. The zero-order chi connectivity index (χ0) is 36.7. The molecule has 18 heteroatoms. The number of thiazole rings is 1. The quantitative estimate of drug-likeness (QED) is 0.102. The number of anilines is 1. The number of hydrogen-bond acceptors (Lipinski definition) is 11. The Morgan fingerprint density at radius 1 is 1.19 bits per heavy atom. The Bertz CT molecular complexity index is 2060. The molecule has 0 bridgehead atoms. The smallest absolute Gasteiger partial charge is 0.418 e. The van der Waals surface area contributed by atoms with Gasteiger partial charge < -0.3 is 43.9 Å². The Labute approximate surface area is 331 Å². The van der Waals surface area contributed by atoms with Crippen molar-refractivity contribution < 1.29 is 61.5 Å². The minimum Gasteiger partial charge on any atom is -1.00 e. The number of nitrogens with zero attached hydrogens (tertiary/aromatic N) is 7. The number of aromatic nitrogens is 5. The molecule has 53 heavy (non-hydrogen) atoms. The zero-order valence-electron chi connectivity index (χ0n) is 28.9. The van der Waals surface area contributed by atoms with Gasteiger partial charge in [-0.3, -0.25) is 9.69 Å². The monoisotopic (exact) mass is 880 g/mol. The highest BCUT2D eigenvalue weighted by Gasteiger charge is 2.43. The van der Waals surface area contributed by atoms with Gasteiger partial charge in [0.25, 0.3) is 6.33 Å². The largest absolute Gasteiger partial charge is 1.00 e. The second-order valence-corrected chi connectivity index (χ2v) is 12.5. The van der Waals surface area contributed by atoms with Gasteiger partial charge >= 0.3 is 12.1 Å². The fraction of sp³-hybridized carbons (Fsp3) is 0.286. The van der Waals surface area contributed by atoms with Crippen LogP contribution in [0.15, 0.2) is 78.8 Å². The van der Waals surface area contributed by atoms with Crippen molar-refractivity contribution >= 4 is 41.6 Å². The lowest BCUT2D eigenvalue weighted by Crippen LogP contribution is -3.00. The maximum atomic E-state index is 15.3. The highest BCUT2D eigenvalue weighted by atomic mass is 127. The number of pyridine rings is 1. The normalized spacial score (nSPS) is 12.9. The molecular formula is C35H36ClF2IN8O5S. The first-order valence-corrected chi connectivity index (χ1v) is 16.6. The first-order valence-electron chi connectivity index (χ1n) is 15.7. The van der Waals surface area contributed by atoms with Crippen LogP contribution in [0.25, 0.3) is 11.3 Å². The lowest BCUT2D eigenvalue weighted by atomic mass is 9.82. The van der Waals surface area contributed by atoms with Crippen molar-refractivity contribution in [1.82, 2.24) is 25.1 Å². The first-order chi connectivity index (χ1) is 24.4. The summed E-state index contributed by atoms with van der Waals surface area (Å²) in [5.74, 6) is -2.64. The topological polar surface area (TPSA) is 159 Å². The highest BCUT2D eigenvalue weighted by Crippen LogP contribution is 2.41. The van der Waals surface area contributed by atoms with Gasteiger partial charge in [-0.05, 0) is 43.4 Å². The Morgan fingerprint density at radius 3 is 2.62 bits per heavy atom. The van der Waals surface area contributed by atoms with Crippen LogP contribution in [0.3, 0.4) is 0 Å². The molecule has 3 aromatic heterocycles. The van der Waals surface area contributed by atoms with Crippen molar-refractivity contribution in [2.45, 2.75) is 44.7 Å². The summed E-state index contributed by atoms with van der Waals surface area (Å²) >= 11 is 1.25. The number of amides is 1. The summed E-state index contributed by atoms with van der Waals surface area (Å²) in [6, 6.07) is 15.1. The molecule has 5 aromatic rings. The molecule has 0 aliphatic carbocycles. The van der Waals surface area contributed by atoms with Crippen molar-refractivity contribution in [3.63, 3.8) is 0 Å². The molecule has 2 aromatic carbocycles. The minimum absolute atomic E-state index is 0. The number of aliphatic hydroxyl groups is 1. The number of esters is 1. The molecule has 0 spiro atoms. The van der Waals surface area contributed by atoms with Crippen LogP contribution < -0.4 is 38.8 Å². The number of nitriles is 1. The molecule has 280 valence electrons. The van der Waals surface area contributed by atoms with Gasteiger partial charge in [-0.25, -0.2) is 23.5 Å². The number of hydrogen-bond donors (Lipinski definition) is 2. The fourth-order valence-corrected chi connectivity index (χ4v) is 6.22. The number of carbonyl (C=O) groups excluding carboxylic acids is 2. The molecule has 5 rings (SSSR count). The average Bonchev–Trinajstić information content (AvgIpc) is 3.82. The minimum atomic E-state index is -2.04. The summed E-state index contributed by atoms with van der Waals surface area (Å²) in [4.78, 5) is 35.1. The molecule has 0 aliphatic heterocycles. The summed E-state index contributed by atoms with van der Waals surface area (Å²) in [6.45, 7) is 2.85. The number of halogens is 4. The van der Waals surface area contributed by atoms with E-state index in [0.717, 1.165) is 23.8 Å². The number of rotatable bonds is 13. The number of nitrogens with one attached hydrogen (secondary N) is 1. The van der Waals surface area contributed by atoms with Crippen molar-refractivity contribution in [3.8, 4) is 17.3 Å². The predicted octanol–water partition coefficient (Wildman–Crippen LogP) is 2.01. The summed E-state index contributed by atoms with van der Waals surface area (Å²) in [6.07, 6.45) is 2.65. The molecule has 2 N–H and O–H groups in total. The maximum absolute atomic E-state index is 15.3. The molecule has 0 aliphatic rings. The third-order valence-electron chi connectivity index (χ3n) is 8.18. The second-order valence-electron chi connectivity index (χ2n) is 11.6. The van der Waals surface area contributed by atoms with Gasteiger partial charge in [0, 0.05) is 53.3 Å². The molecule has 1 amide bonds. The van der Waals surface area contributed by atoms with Crippen molar-refractivity contribution in [3.05, 3.63) is 112 Å². The van der Waals surface area contributed by atoms with Crippen LogP contribution in [0.1, 0.15) is 47.7 Å². The third-order valence-corrected chi connectivity index (χ3v) is 9.20. The van der Waals surface area contributed by atoms with Crippen LogP contribution in [0.5, 0.6) is 0 Å². The van der Waals surface area contributed by atoms with Crippen LogP contribution in [-0.2, 0) is 33.0 Å². The average molecular weight is 881 g/mol. The van der Waals surface area contributed by atoms with E-state index in [-0.39, 0.29) is 67.5 Å². The first kappa shape index (κ1) is 42.8. The van der Waals surface area contributed by atoms with E-state index in [0.29, 0.717) is 21.8 Å². The molecule has 0 fully saturated rings. The van der Waals surface area contributed by atoms with Gasteiger partial charge in [-0.1, -0.05) is 25.1 Å². The molecule has 1 unspecified atom stereocenters. The number of ether oxygens (including phenoxy) is 2. The van der Waals surface area contributed by atoms with E-state index in [1.165, 1.54) is 51.4 Å². The molecule has 0 saturated heterocycles. The predicted molar refractivity (Wildman–Crippen MR) is 188 cm³/mol. The van der Waals surface area contributed by atoms with Gasteiger partial charge in [0.15, 0.2) is 0 Å². The summed E-state index contributed by atoms with van der Waals surface area (Å²) in [7, 11) is 3.08. The Balaban J connectivity index is 0.00000378. The van der Waals surface area contributed by atoms with E-state index >= 15 is 4.39 Å². The molecule has 3 heterocycles. The molecule has 3 atom stereocenters. The van der Waals surface area contributed by atoms with Crippen LogP contribution >= 0.6 is 23.7 Å². The number of benzene rings is 2. The van der Waals surface area contributed by atoms with E-state index < -0.39 is 41.4 Å². The Morgan fingerprint density at radius 2 is 1.92 bits per heavy atom. The molecule has 0 saturated carbocycles.